The second kappa shape index (κ2) is 8.86. The number of rotatable bonds is 7. The summed E-state index contributed by atoms with van der Waals surface area (Å²) in [6.07, 6.45) is 4.14. The number of carboxylic acids is 1. The van der Waals surface area contributed by atoms with E-state index in [1.807, 2.05) is 30.3 Å². The molecule has 1 aromatic heterocycles. The maximum Gasteiger partial charge on any atom is 0.306 e. The lowest BCUT2D eigenvalue weighted by molar-refractivity contribution is -0.142. The van der Waals surface area contributed by atoms with E-state index < -0.39 is 5.97 Å². The first-order valence-corrected chi connectivity index (χ1v) is 10.1. The van der Waals surface area contributed by atoms with Gasteiger partial charge in [0.25, 0.3) is 0 Å². The quantitative estimate of drug-likeness (QED) is 0.639. The van der Waals surface area contributed by atoms with Crippen LogP contribution in [0.15, 0.2) is 54.6 Å². The number of nitrogens with zero attached hydrogens (tertiary/aromatic N) is 4. The Kier molecular flexibility index (Phi) is 5.84. The molecule has 2 aromatic carbocycles. The van der Waals surface area contributed by atoms with Gasteiger partial charge in [-0.25, -0.2) is 0 Å². The van der Waals surface area contributed by atoms with Crippen LogP contribution in [-0.4, -0.2) is 37.3 Å². The van der Waals surface area contributed by atoms with Crippen molar-refractivity contribution in [1.82, 2.24) is 20.2 Å². The number of anilines is 1. The Morgan fingerprint density at radius 1 is 1.03 bits per heavy atom. The van der Waals surface area contributed by atoms with Gasteiger partial charge in [0.1, 0.15) is 0 Å². The van der Waals surface area contributed by atoms with Crippen molar-refractivity contribution in [3.8, 4) is 11.4 Å². The molecule has 7 nitrogen and oxygen atoms in total. The summed E-state index contributed by atoms with van der Waals surface area (Å²) >= 11 is 0. The van der Waals surface area contributed by atoms with Crippen LogP contribution in [0.3, 0.4) is 0 Å². The number of aliphatic carboxylic acids is 1. The number of benzene rings is 2. The van der Waals surface area contributed by atoms with Crippen molar-refractivity contribution in [3.05, 3.63) is 60.2 Å². The van der Waals surface area contributed by atoms with Crippen molar-refractivity contribution >= 4 is 11.7 Å². The second-order valence-electron chi connectivity index (χ2n) is 7.55. The standard InChI is InChI=1S/C22H25N5O2/c28-22(29)18-8-12-20(13-9-18)23-19-10-6-16(7-11-19)14-15-27-25-21(24-26-27)17-4-2-1-3-5-17/h1-7,10-11,18,20,23H,8-9,12-15H2,(H,28,29). The molecule has 29 heavy (non-hydrogen) atoms. The maximum atomic E-state index is 11.1. The van der Waals surface area contributed by atoms with Crippen LogP contribution < -0.4 is 5.32 Å². The lowest BCUT2D eigenvalue weighted by atomic mass is 9.86. The Bertz CT molecular complexity index is 931. The highest BCUT2D eigenvalue weighted by atomic mass is 16.4. The number of carboxylic acid groups (broad SMARTS) is 1. The van der Waals surface area contributed by atoms with Gasteiger partial charge in [0, 0.05) is 17.3 Å². The summed E-state index contributed by atoms with van der Waals surface area (Å²) in [5.74, 6) is -0.198. The molecule has 0 bridgehead atoms. The molecule has 2 N–H and O–H groups in total. The molecule has 150 valence electrons. The minimum Gasteiger partial charge on any atom is -0.481 e. The molecule has 0 saturated heterocycles. The highest BCUT2D eigenvalue weighted by Crippen LogP contribution is 2.27. The first-order chi connectivity index (χ1) is 14.2. The molecular weight excluding hydrogens is 366 g/mol. The van der Waals surface area contributed by atoms with E-state index in [0.29, 0.717) is 18.4 Å². The van der Waals surface area contributed by atoms with Crippen LogP contribution >= 0.6 is 0 Å². The van der Waals surface area contributed by atoms with E-state index in [1.165, 1.54) is 5.56 Å². The van der Waals surface area contributed by atoms with Gasteiger partial charge >= 0.3 is 5.97 Å². The van der Waals surface area contributed by atoms with Crippen LogP contribution in [0.2, 0.25) is 0 Å². The predicted octanol–water partition coefficient (Wildman–Crippen LogP) is 3.64. The fourth-order valence-corrected chi connectivity index (χ4v) is 3.76. The fourth-order valence-electron chi connectivity index (χ4n) is 3.76. The third kappa shape index (κ3) is 4.99. The number of aromatic nitrogens is 4. The Labute approximate surface area is 169 Å². The van der Waals surface area contributed by atoms with Gasteiger partial charge in [-0.3, -0.25) is 4.79 Å². The first kappa shape index (κ1) is 19.1. The molecule has 1 heterocycles. The second-order valence-corrected chi connectivity index (χ2v) is 7.55. The molecule has 3 aromatic rings. The van der Waals surface area contributed by atoms with Gasteiger partial charge in [0.05, 0.1) is 12.5 Å². The zero-order valence-corrected chi connectivity index (χ0v) is 16.2. The van der Waals surface area contributed by atoms with E-state index in [0.717, 1.165) is 43.4 Å². The molecule has 1 aliphatic carbocycles. The summed E-state index contributed by atoms with van der Waals surface area (Å²) in [6.45, 7) is 0.672. The summed E-state index contributed by atoms with van der Waals surface area (Å²) in [4.78, 5) is 12.7. The van der Waals surface area contributed by atoms with E-state index in [-0.39, 0.29) is 5.92 Å². The van der Waals surface area contributed by atoms with Crippen molar-refractivity contribution in [1.29, 1.82) is 0 Å². The number of hydrogen-bond acceptors (Lipinski definition) is 5. The SMILES string of the molecule is O=C(O)C1CCC(Nc2ccc(CCn3nnc(-c4ccccc4)n3)cc2)CC1. The van der Waals surface area contributed by atoms with E-state index in [2.05, 4.69) is 45.0 Å². The molecule has 0 spiro atoms. The number of tetrazole rings is 1. The number of nitrogens with one attached hydrogen (secondary N) is 1. The van der Waals surface area contributed by atoms with Gasteiger partial charge in [-0.2, -0.15) is 4.80 Å². The van der Waals surface area contributed by atoms with Crippen LogP contribution in [-0.2, 0) is 17.8 Å². The van der Waals surface area contributed by atoms with Crippen LogP contribution in [0, 0.1) is 5.92 Å². The molecule has 1 saturated carbocycles. The minimum atomic E-state index is -0.662. The molecule has 0 atom stereocenters. The minimum absolute atomic E-state index is 0.178. The average Bonchev–Trinajstić information content (AvgIpc) is 3.23. The van der Waals surface area contributed by atoms with Crippen molar-refractivity contribution in [3.63, 3.8) is 0 Å². The zero-order valence-electron chi connectivity index (χ0n) is 16.2. The summed E-state index contributed by atoms with van der Waals surface area (Å²) < 4.78 is 0. The fraction of sp³-hybridized carbons (Fsp3) is 0.364. The van der Waals surface area contributed by atoms with Crippen molar-refractivity contribution in [2.24, 2.45) is 5.92 Å². The van der Waals surface area contributed by atoms with Gasteiger partial charge in [-0.15, -0.1) is 10.2 Å². The highest BCUT2D eigenvalue weighted by Gasteiger charge is 2.25. The van der Waals surface area contributed by atoms with Crippen molar-refractivity contribution in [2.75, 3.05) is 5.32 Å². The van der Waals surface area contributed by atoms with Gasteiger partial charge in [0.15, 0.2) is 0 Å². The van der Waals surface area contributed by atoms with Crippen molar-refractivity contribution in [2.45, 2.75) is 44.7 Å². The van der Waals surface area contributed by atoms with Crippen LogP contribution in [0.25, 0.3) is 11.4 Å². The highest BCUT2D eigenvalue weighted by molar-refractivity contribution is 5.70. The van der Waals surface area contributed by atoms with E-state index in [4.69, 9.17) is 5.11 Å². The maximum absolute atomic E-state index is 11.1. The van der Waals surface area contributed by atoms with E-state index in [1.54, 1.807) is 4.80 Å². The normalized spacial score (nSPS) is 19.0. The topological polar surface area (TPSA) is 92.9 Å². The van der Waals surface area contributed by atoms with E-state index in [9.17, 15) is 4.79 Å². The molecule has 1 fully saturated rings. The Morgan fingerprint density at radius 2 is 1.76 bits per heavy atom. The number of carbonyl (C=O) groups is 1. The van der Waals surface area contributed by atoms with Gasteiger partial charge in [0.2, 0.25) is 5.82 Å². The molecular formula is C22H25N5O2. The summed E-state index contributed by atoms with van der Waals surface area (Å²) in [5.41, 5.74) is 3.26. The lowest BCUT2D eigenvalue weighted by Crippen LogP contribution is -2.29. The Balaban J connectivity index is 1.27. The van der Waals surface area contributed by atoms with Crippen LogP contribution in [0.5, 0.6) is 0 Å². The molecule has 0 amide bonds. The zero-order chi connectivity index (χ0) is 20.1. The largest absolute Gasteiger partial charge is 0.481 e. The summed E-state index contributed by atoms with van der Waals surface area (Å²) in [5, 5.41) is 25.4. The number of aryl methyl sites for hydroxylation is 2. The predicted molar refractivity (Wildman–Crippen MR) is 110 cm³/mol. The van der Waals surface area contributed by atoms with Gasteiger partial charge < -0.3 is 10.4 Å². The Morgan fingerprint density at radius 3 is 2.45 bits per heavy atom. The molecule has 0 radical (unpaired) electrons. The first-order valence-electron chi connectivity index (χ1n) is 10.1. The summed E-state index contributed by atoms with van der Waals surface area (Å²) in [6, 6.07) is 18.6. The van der Waals surface area contributed by atoms with Crippen molar-refractivity contribution < 1.29 is 9.90 Å². The van der Waals surface area contributed by atoms with Gasteiger partial charge in [-0.05, 0) is 55.0 Å². The molecule has 7 heteroatoms. The lowest BCUT2D eigenvalue weighted by Gasteiger charge is -2.27. The Hall–Kier alpha value is -3.22. The van der Waals surface area contributed by atoms with Crippen LogP contribution in [0.1, 0.15) is 31.2 Å². The molecule has 0 unspecified atom stereocenters. The van der Waals surface area contributed by atoms with E-state index >= 15 is 0 Å². The van der Waals surface area contributed by atoms with Crippen LogP contribution in [0.4, 0.5) is 5.69 Å². The van der Waals surface area contributed by atoms with Gasteiger partial charge in [-0.1, -0.05) is 42.5 Å². The molecule has 0 aliphatic heterocycles. The monoisotopic (exact) mass is 391 g/mol. The smallest absolute Gasteiger partial charge is 0.306 e. The number of hydrogen-bond donors (Lipinski definition) is 2. The third-order valence-corrected chi connectivity index (χ3v) is 5.49. The molecule has 4 rings (SSSR count). The third-order valence-electron chi connectivity index (χ3n) is 5.49. The molecule has 1 aliphatic rings. The average molecular weight is 391 g/mol. The summed E-state index contributed by atoms with van der Waals surface area (Å²) in [7, 11) is 0.